The molecule has 0 fully saturated rings. The maximum atomic E-state index is 13.8. The largest absolute Gasteiger partial charge is 0.207 e. The van der Waals surface area contributed by atoms with Gasteiger partial charge in [0, 0.05) is 5.41 Å². The molecule has 0 nitrogen and oxygen atoms in total. The van der Waals surface area contributed by atoms with E-state index in [0.717, 1.165) is 5.56 Å². The topological polar surface area (TPSA) is 0 Å². The summed E-state index contributed by atoms with van der Waals surface area (Å²) in [6.07, 6.45) is 0. The molecule has 0 heterocycles. The fourth-order valence-corrected chi connectivity index (χ4v) is 2.00. The molecule has 0 spiro atoms. The van der Waals surface area contributed by atoms with Crippen LogP contribution in [0, 0.1) is 11.6 Å². The Balaban J connectivity index is 2.53. The van der Waals surface area contributed by atoms with Crippen molar-refractivity contribution in [3.8, 4) is 0 Å². The highest BCUT2D eigenvalue weighted by Gasteiger charge is 2.26. The first-order valence-corrected chi connectivity index (χ1v) is 5.53. The van der Waals surface area contributed by atoms with Crippen LogP contribution in [0.25, 0.3) is 0 Å². The van der Waals surface area contributed by atoms with E-state index < -0.39 is 5.41 Å². The molecule has 0 unspecified atom stereocenters. The number of rotatable bonds is 2. The molecule has 0 atom stereocenters. The lowest BCUT2D eigenvalue weighted by Crippen LogP contribution is -2.20. The minimum absolute atomic E-state index is 0.262. The van der Waals surface area contributed by atoms with Crippen molar-refractivity contribution in [1.29, 1.82) is 0 Å². The van der Waals surface area contributed by atoms with E-state index in [1.54, 1.807) is 24.3 Å². The Kier molecular flexibility index (Phi) is 2.97. The first kappa shape index (κ1) is 11.8. The fraction of sp³-hybridized carbons (Fsp3) is 0.200. The predicted molar refractivity (Wildman–Crippen MR) is 64.9 cm³/mol. The number of halogens is 2. The Hall–Kier alpha value is -1.70. The molecule has 0 saturated heterocycles. The van der Waals surface area contributed by atoms with Crippen molar-refractivity contribution < 1.29 is 8.78 Å². The molecule has 2 heteroatoms. The number of hydrogen-bond acceptors (Lipinski definition) is 0. The van der Waals surface area contributed by atoms with Gasteiger partial charge in [-0.05, 0) is 29.3 Å². The summed E-state index contributed by atoms with van der Waals surface area (Å²) < 4.78 is 27.0. The van der Waals surface area contributed by atoms with Gasteiger partial charge in [-0.3, -0.25) is 0 Å². The fourth-order valence-electron chi connectivity index (χ4n) is 2.00. The minimum atomic E-state index is -0.548. The summed E-state index contributed by atoms with van der Waals surface area (Å²) in [4.78, 5) is 0. The summed E-state index contributed by atoms with van der Waals surface area (Å²) >= 11 is 0. The minimum Gasteiger partial charge on any atom is -0.207 e. The summed E-state index contributed by atoms with van der Waals surface area (Å²) in [6.45, 7) is 3.78. The molecule has 0 aliphatic carbocycles. The molecule has 2 rings (SSSR count). The zero-order chi connectivity index (χ0) is 12.5. The summed E-state index contributed by atoms with van der Waals surface area (Å²) in [5, 5.41) is 0. The standard InChI is InChI=1S/C15H14F2/c1-15(2,11-6-5-7-12(16)10-11)13-8-3-4-9-14(13)17/h3-10H,1-2H3. The van der Waals surface area contributed by atoms with Crippen LogP contribution in [0.3, 0.4) is 0 Å². The Bertz CT molecular complexity index is 530. The molecular weight excluding hydrogens is 218 g/mol. The molecule has 0 aliphatic rings. The smallest absolute Gasteiger partial charge is 0.127 e. The summed E-state index contributed by atoms with van der Waals surface area (Å²) in [5.74, 6) is -0.561. The molecule has 0 N–H and O–H groups in total. The van der Waals surface area contributed by atoms with E-state index in [1.807, 2.05) is 19.9 Å². The van der Waals surface area contributed by atoms with Gasteiger partial charge in [-0.1, -0.05) is 44.2 Å². The van der Waals surface area contributed by atoms with Gasteiger partial charge < -0.3 is 0 Å². The van der Waals surface area contributed by atoms with E-state index >= 15 is 0 Å². The zero-order valence-electron chi connectivity index (χ0n) is 9.87. The third-order valence-corrected chi connectivity index (χ3v) is 3.09. The first-order valence-electron chi connectivity index (χ1n) is 5.53. The maximum absolute atomic E-state index is 13.8. The lowest BCUT2D eigenvalue weighted by atomic mass is 9.78. The second-order valence-corrected chi connectivity index (χ2v) is 4.62. The molecule has 0 radical (unpaired) electrons. The van der Waals surface area contributed by atoms with Crippen LogP contribution in [0.15, 0.2) is 48.5 Å². The van der Waals surface area contributed by atoms with Crippen LogP contribution in [-0.4, -0.2) is 0 Å². The Morgan fingerprint density at radius 3 is 2.24 bits per heavy atom. The molecule has 2 aromatic carbocycles. The van der Waals surface area contributed by atoms with Gasteiger partial charge >= 0.3 is 0 Å². The zero-order valence-corrected chi connectivity index (χ0v) is 9.87. The molecule has 0 amide bonds. The summed E-state index contributed by atoms with van der Waals surface area (Å²) in [5.41, 5.74) is 0.793. The Labute approximate surface area is 99.9 Å². The van der Waals surface area contributed by atoms with Gasteiger partial charge in [0.2, 0.25) is 0 Å². The van der Waals surface area contributed by atoms with Gasteiger partial charge in [0.05, 0.1) is 0 Å². The lowest BCUT2D eigenvalue weighted by molar-refractivity contribution is 0.543. The second-order valence-electron chi connectivity index (χ2n) is 4.62. The Morgan fingerprint density at radius 2 is 1.59 bits per heavy atom. The normalized spacial score (nSPS) is 11.5. The van der Waals surface area contributed by atoms with Gasteiger partial charge in [0.25, 0.3) is 0 Å². The molecule has 0 bridgehead atoms. The van der Waals surface area contributed by atoms with E-state index in [2.05, 4.69) is 0 Å². The van der Waals surface area contributed by atoms with Crippen LogP contribution >= 0.6 is 0 Å². The van der Waals surface area contributed by atoms with E-state index in [0.29, 0.717) is 5.56 Å². The molecule has 17 heavy (non-hydrogen) atoms. The van der Waals surface area contributed by atoms with Crippen molar-refractivity contribution in [3.05, 3.63) is 71.3 Å². The average molecular weight is 232 g/mol. The average Bonchev–Trinajstić information content (AvgIpc) is 2.29. The van der Waals surface area contributed by atoms with Gasteiger partial charge in [-0.2, -0.15) is 0 Å². The van der Waals surface area contributed by atoms with Crippen molar-refractivity contribution in [1.82, 2.24) is 0 Å². The summed E-state index contributed by atoms with van der Waals surface area (Å²) in [6, 6.07) is 12.9. The highest BCUT2D eigenvalue weighted by Crippen LogP contribution is 2.33. The van der Waals surface area contributed by atoms with Crippen molar-refractivity contribution >= 4 is 0 Å². The van der Waals surface area contributed by atoms with Crippen LogP contribution in [0.4, 0.5) is 8.78 Å². The second kappa shape index (κ2) is 4.28. The predicted octanol–water partition coefficient (Wildman–Crippen LogP) is 4.29. The van der Waals surface area contributed by atoms with Gasteiger partial charge in [-0.15, -0.1) is 0 Å². The van der Waals surface area contributed by atoms with Gasteiger partial charge in [0.1, 0.15) is 11.6 Å². The van der Waals surface area contributed by atoms with Crippen molar-refractivity contribution in [2.45, 2.75) is 19.3 Å². The first-order chi connectivity index (χ1) is 8.01. The van der Waals surface area contributed by atoms with Crippen LogP contribution in [0.5, 0.6) is 0 Å². The van der Waals surface area contributed by atoms with Gasteiger partial charge in [0.15, 0.2) is 0 Å². The lowest BCUT2D eigenvalue weighted by Gasteiger charge is -2.26. The molecular formula is C15H14F2. The SMILES string of the molecule is CC(C)(c1cccc(F)c1)c1ccccc1F. The van der Waals surface area contributed by atoms with E-state index in [9.17, 15) is 8.78 Å². The molecule has 88 valence electrons. The van der Waals surface area contributed by atoms with E-state index in [4.69, 9.17) is 0 Å². The summed E-state index contributed by atoms with van der Waals surface area (Å²) in [7, 11) is 0. The van der Waals surface area contributed by atoms with Crippen LogP contribution < -0.4 is 0 Å². The van der Waals surface area contributed by atoms with E-state index in [-0.39, 0.29) is 11.6 Å². The van der Waals surface area contributed by atoms with Crippen LogP contribution in [0.2, 0.25) is 0 Å². The number of hydrogen-bond donors (Lipinski definition) is 0. The third kappa shape index (κ3) is 2.21. The highest BCUT2D eigenvalue weighted by atomic mass is 19.1. The quantitative estimate of drug-likeness (QED) is 0.724. The highest BCUT2D eigenvalue weighted by molar-refractivity contribution is 5.38. The molecule has 0 aliphatic heterocycles. The molecule has 0 aromatic heterocycles. The number of benzene rings is 2. The van der Waals surface area contributed by atoms with Gasteiger partial charge in [-0.25, -0.2) is 8.78 Å². The van der Waals surface area contributed by atoms with Crippen LogP contribution in [-0.2, 0) is 5.41 Å². The van der Waals surface area contributed by atoms with Crippen molar-refractivity contribution in [2.24, 2.45) is 0 Å². The maximum Gasteiger partial charge on any atom is 0.127 e. The molecule has 2 aromatic rings. The van der Waals surface area contributed by atoms with Crippen LogP contribution in [0.1, 0.15) is 25.0 Å². The third-order valence-electron chi connectivity index (χ3n) is 3.09. The molecule has 0 saturated carbocycles. The van der Waals surface area contributed by atoms with Crippen molar-refractivity contribution in [3.63, 3.8) is 0 Å². The monoisotopic (exact) mass is 232 g/mol. The Morgan fingerprint density at radius 1 is 0.882 bits per heavy atom. The van der Waals surface area contributed by atoms with Crippen molar-refractivity contribution in [2.75, 3.05) is 0 Å². The van der Waals surface area contributed by atoms with E-state index in [1.165, 1.54) is 18.2 Å².